The Labute approximate surface area is 92.8 Å². The number of rotatable bonds is 4. The van der Waals surface area contributed by atoms with Crippen LogP contribution >= 0.6 is 0 Å². The maximum absolute atomic E-state index is 10.4. The highest BCUT2D eigenvalue weighted by atomic mass is 16.5. The summed E-state index contributed by atoms with van der Waals surface area (Å²) in [7, 11) is 0. The monoisotopic (exact) mass is 220 g/mol. The fourth-order valence-corrected chi connectivity index (χ4v) is 1.47. The van der Waals surface area contributed by atoms with Crippen LogP contribution in [0.25, 0.3) is 0 Å². The molecule has 1 aliphatic heterocycles. The van der Waals surface area contributed by atoms with Crippen LogP contribution in [0.15, 0.2) is 29.3 Å². The molecule has 0 saturated carbocycles. The Hall–Kier alpha value is -2.04. The number of hydrogen-bond acceptors (Lipinski definition) is 4. The van der Waals surface area contributed by atoms with Crippen molar-refractivity contribution in [3.63, 3.8) is 0 Å². The molecule has 2 rings (SSSR count). The predicted molar refractivity (Wildman–Crippen MR) is 59.0 cm³/mol. The number of carbonyl (C=O) groups is 1. The molecule has 0 unspecified atom stereocenters. The maximum atomic E-state index is 10.4. The van der Waals surface area contributed by atoms with Crippen LogP contribution < -0.4 is 10.1 Å². The SMILES string of the molecule is O=C(O)COc1cccc(C2=NCCN2)c1. The molecule has 1 aliphatic rings. The second kappa shape index (κ2) is 4.65. The fourth-order valence-electron chi connectivity index (χ4n) is 1.47. The Balaban J connectivity index is 2.10. The zero-order chi connectivity index (χ0) is 11.4. The van der Waals surface area contributed by atoms with Gasteiger partial charge in [0.25, 0.3) is 0 Å². The van der Waals surface area contributed by atoms with Crippen molar-refractivity contribution in [1.82, 2.24) is 5.32 Å². The molecule has 16 heavy (non-hydrogen) atoms. The molecular weight excluding hydrogens is 208 g/mol. The first-order valence-corrected chi connectivity index (χ1v) is 4.99. The van der Waals surface area contributed by atoms with E-state index < -0.39 is 5.97 Å². The Bertz CT molecular complexity index is 429. The Morgan fingerprint density at radius 2 is 2.44 bits per heavy atom. The van der Waals surface area contributed by atoms with Gasteiger partial charge in [0.1, 0.15) is 11.6 Å². The minimum Gasteiger partial charge on any atom is -0.482 e. The van der Waals surface area contributed by atoms with Crippen LogP contribution in [0.2, 0.25) is 0 Å². The van der Waals surface area contributed by atoms with Crippen molar-refractivity contribution >= 4 is 11.8 Å². The standard InChI is InChI=1S/C11H12N2O3/c14-10(15)7-16-9-3-1-2-8(6-9)11-12-4-5-13-11/h1-3,6H,4-5,7H2,(H,12,13)(H,14,15). The van der Waals surface area contributed by atoms with E-state index in [1.54, 1.807) is 12.1 Å². The van der Waals surface area contributed by atoms with E-state index in [-0.39, 0.29) is 6.61 Å². The topological polar surface area (TPSA) is 70.9 Å². The number of hydrogen-bond donors (Lipinski definition) is 2. The van der Waals surface area contributed by atoms with E-state index in [0.717, 1.165) is 24.5 Å². The molecule has 0 atom stereocenters. The summed E-state index contributed by atoms with van der Waals surface area (Å²) in [6.45, 7) is 1.29. The fraction of sp³-hybridized carbons (Fsp3) is 0.273. The van der Waals surface area contributed by atoms with Crippen LogP contribution in [-0.4, -0.2) is 36.6 Å². The van der Waals surface area contributed by atoms with Gasteiger partial charge in [-0.15, -0.1) is 0 Å². The second-order valence-electron chi connectivity index (χ2n) is 3.37. The highest BCUT2D eigenvalue weighted by Gasteiger charge is 2.08. The smallest absolute Gasteiger partial charge is 0.341 e. The number of ether oxygens (including phenoxy) is 1. The van der Waals surface area contributed by atoms with Crippen molar-refractivity contribution in [2.24, 2.45) is 4.99 Å². The van der Waals surface area contributed by atoms with Gasteiger partial charge in [-0.05, 0) is 12.1 Å². The molecule has 1 aromatic rings. The van der Waals surface area contributed by atoms with Crippen molar-refractivity contribution < 1.29 is 14.6 Å². The van der Waals surface area contributed by atoms with Gasteiger partial charge >= 0.3 is 5.97 Å². The summed E-state index contributed by atoms with van der Waals surface area (Å²) in [6, 6.07) is 7.22. The molecule has 0 aromatic heterocycles. The van der Waals surface area contributed by atoms with E-state index in [0.29, 0.717) is 5.75 Å². The number of aliphatic imine (C=N–C) groups is 1. The van der Waals surface area contributed by atoms with E-state index in [4.69, 9.17) is 9.84 Å². The summed E-state index contributed by atoms with van der Waals surface area (Å²) in [5.74, 6) is 0.388. The third-order valence-electron chi connectivity index (χ3n) is 2.14. The van der Waals surface area contributed by atoms with Gasteiger partial charge in [-0.1, -0.05) is 12.1 Å². The first kappa shape index (κ1) is 10.5. The van der Waals surface area contributed by atoms with Crippen LogP contribution in [0.1, 0.15) is 5.56 Å². The molecule has 0 spiro atoms. The number of carboxylic acids is 1. The summed E-state index contributed by atoms with van der Waals surface area (Å²) in [4.78, 5) is 14.6. The maximum Gasteiger partial charge on any atom is 0.341 e. The lowest BCUT2D eigenvalue weighted by atomic mass is 10.2. The van der Waals surface area contributed by atoms with Crippen molar-refractivity contribution in [2.45, 2.75) is 0 Å². The molecule has 2 N–H and O–H groups in total. The van der Waals surface area contributed by atoms with Crippen LogP contribution in [0.5, 0.6) is 5.75 Å². The molecule has 0 fully saturated rings. The molecule has 0 bridgehead atoms. The van der Waals surface area contributed by atoms with Gasteiger partial charge in [0.05, 0.1) is 6.54 Å². The van der Waals surface area contributed by atoms with Gasteiger partial charge in [-0.3, -0.25) is 4.99 Å². The van der Waals surface area contributed by atoms with Gasteiger partial charge in [-0.25, -0.2) is 4.79 Å². The average Bonchev–Trinajstić information content (AvgIpc) is 2.80. The summed E-state index contributed by atoms with van der Waals surface area (Å²) in [5, 5.41) is 11.6. The van der Waals surface area contributed by atoms with Gasteiger partial charge < -0.3 is 15.2 Å². The molecule has 84 valence electrons. The lowest BCUT2D eigenvalue weighted by molar-refractivity contribution is -0.139. The van der Waals surface area contributed by atoms with E-state index in [2.05, 4.69) is 10.3 Å². The summed E-state index contributed by atoms with van der Waals surface area (Å²) in [6.07, 6.45) is 0. The number of benzene rings is 1. The molecule has 0 radical (unpaired) electrons. The molecule has 0 aliphatic carbocycles. The summed E-state index contributed by atoms with van der Waals surface area (Å²) in [5.41, 5.74) is 0.917. The number of aliphatic carboxylic acids is 1. The zero-order valence-corrected chi connectivity index (χ0v) is 8.64. The molecule has 5 nitrogen and oxygen atoms in total. The number of nitrogens with zero attached hydrogens (tertiary/aromatic N) is 1. The van der Waals surface area contributed by atoms with Crippen molar-refractivity contribution in [2.75, 3.05) is 19.7 Å². The highest BCUT2D eigenvalue weighted by Crippen LogP contribution is 2.14. The van der Waals surface area contributed by atoms with E-state index >= 15 is 0 Å². The molecular formula is C11H12N2O3. The largest absolute Gasteiger partial charge is 0.482 e. The number of carboxylic acid groups (broad SMARTS) is 1. The van der Waals surface area contributed by atoms with Crippen molar-refractivity contribution in [1.29, 1.82) is 0 Å². The first-order valence-electron chi connectivity index (χ1n) is 4.99. The molecule has 5 heteroatoms. The first-order chi connectivity index (χ1) is 7.75. The lowest BCUT2D eigenvalue weighted by Crippen LogP contribution is -2.19. The molecule has 1 aromatic carbocycles. The van der Waals surface area contributed by atoms with Crippen LogP contribution in [0, 0.1) is 0 Å². The van der Waals surface area contributed by atoms with Crippen LogP contribution in [-0.2, 0) is 4.79 Å². The van der Waals surface area contributed by atoms with Crippen molar-refractivity contribution in [3.05, 3.63) is 29.8 Å². The molecule has 0 saturated heterocycles. The summed E-state index contributed by atoms with van der Waals surface area (Å²) >= 11 is 0. The minimum absolute atomic E-state index is 0.330. The molecule has 1 heterocycles. The van der Waals surface area contributed by atoms with Crippen LogP contribution in [0.4, 0.5) is 0 Å². The zero-order valence-electron chi connectivity index (χ0n) is 8.64. The number of amidine groups is 1. The van der Waals surface area contributed by atoms with Gasteiger partial charge in [0, 0.05) is 12.1 Å². The van der Waals surface area contributed by atoms with Crippen LogP contribution in [0.3, 0.4) is 0 Å². The van der Waals surface area contributed by atoms with Crippen molar-refractivity contribution in [3.8, 4) is 5.75 Å². The quantitative estimate of drug-likeness (QED) is 0.775. The van der Waals surface area contributed by atoms with E-state index in [1.807, 2.05) is 12.1 Å². The second-order valence-corrected chi connectivity index (χ2v) is 3.37. The van der Waals surface area contributed by atoms with Gasteiger partial charge in [0.2, 0.25) is 0 Å². The van der Waals surface area contributed by atoms with Gasteiger partial charge in [0.15, 0.2) is 6.61 Å². The Kier molecular flexibility index (Phi) is 3.05. The predicted octanol–water partition coefficient (Wildman–Crippen LogP) is 0.500. The van der Waals surface area contributed by atoms with E-state index in [1.165, 1.54) is 0 Å². The third kappa shape index (κ3) is 2.50. The summed E-state index contributed by atoms with van der Waals surface area (Å²) < 4.78 is 5.09. The van der Waals surface area contributed by atoms with Gasteiger partial charge in [-0.2, -0.15) is 0 Å². The Morgan fingerprint density at radius 3 is 3.12 bits per heavy atom. The van der Waals surface area contributed by atoms with E-state index in [9.17, 15) is 4.79 Å². The lowest BCUT2D eigenvalue weighted by Gasteiger charge is -2.06. The third-order valence-corrected chi connectivity index (χ3v) is 2.14. The minimum atomic E-state index is -0.985. The molecule has 0 amide bonds. The normalized spacial score (nSPS) is 14.1. The number of nitrogens with one attached hydrogen (secondary N) is 1. The Morgan fingerprint density at radius 1 is 1.56 bits per heavy atom. The highest BCUT2D eigenvalue weighted by molar-refractivity contribution is 6.00. The average molecular weight is 220 g/mol.